The lowest BCUT2D eigenvalue weighted by molar-refractivity contribution is -0.141. The average Bonchev–Trinajstić information content (AvgIpc) is 3.41. The van der Waals surface area contributed by atoms with Gasteiger partial charge in [-0.3, -0.25) is 4.79 Å². The van der Waals surface area contributed by atoms with Crippen molar-refractivity contribution >= 4 is 17.2 Å². The van der Waals surface area contributed by atoms with Crippen molar-refractivity contribution in [3.63, 3.8) is 0 Å². The Morgan fingerprint density at radius 1 is 1.31 bits per heavy atom. The number of thiophene rings is 1. The van der Waals surface area contributed by atoms with E-state index in [1.165, 1.54) is 28.7 Å². The average molecular weight is 422 g/mol. The molecule has 0 spiro atoms. The Hall–Kier alpha value is -2.82. The van der Waals surface area contributed by atoms with Crippen LogP contribution in [0.25, 0.3) is 10.6 Å². The van der Waals surface area contributed by atoms with Crippen LogP contribution in [-0.2, 0) is 17.5 Å². The van der Waals surface area contributed by atoms with Gasteiger partial charge < -0.3 is 4.90 Å². The number of aromatic nitrogens is 5. The van der Waals surface area contributed by atoms with Gasteiger partial charge in [0.15, 0.2) is 0 Å². The molecule has 0 unspecified atom stereocenters. The summed E-state index contributed by atoms with van der Waals surface area (Å²) in [7, 11) is 0. The van der Waals surface area contributed by atoms with Crippen LogP contribution in [0.2, 0.25) is 0 Å². The van der Waals surface area contributed by atoms with Crippen LogP contribution < -0.4 is 0 Å². The molecular formula is C18H17F3N6OS. The summed E-state index contributed by atoms with van der Waals surface area (Å²) in [6.45, 7) is 0.857. The van der Waals surface area contributed by atoms with Gasteiger partial charge in [0.25, 0.3) is 0 Å². The second-order valence-corrected chi connectivity index (χ2v) is 7.69. The van der Waals surface area contributed by atoms with Crippen LogP contribution in [0.15, 0.2) is 36.2 Å². The molecule has 0 aromatic carbocycles. The maximum absolute atomic E-state index is 13.4. The van der Waals surface area contributed by atoms with Crippen molar-refractivity contribution in [1.82, 2.24) is 29.6 Å². The molecule has 0 aliphatic carbocycles. The lowest BCUT2D eigenvalue weighted by atomic mass is 9.96. The van der Waals surface area contributed by atoms with E-state index >= 15 is 0 Å². The Kier molecular flexibility index (Phi) is 5.31. The standard InChI is InChI=1S/C18H17F3N6OS/c19-18(20,21)15-7-13(14-4-2-6-29-14)24-17(25-15)12-3-1-5-26(8-12)16(28)9-27-11-22-10-23-27/h2,4,6-7,10-12H,1,3,5,8-9H2/t12-/m0/s1. The number of amides is 1. The molecule has 29 heavy (non-hydrogen) atoms. The van der Waals surface area contributed by atoms with Crippen LogP contribution in [0.5, 0.6) is 0 Å². The molecule has 11 heteroatoms. The van der Waals surface area contributed by atoms with Crippen LogP contribution in [0.1, 0.15) is 30.3 Å². The van der Waals surface area contributed by atoms with E-state index < -0.39 is 11.9 Å². The number of rotatable bonds is 4. The van der Waals surface area contributed by atoms with Crippen LogP contribution in [0.3, 0.4) is 0 Å². The van der Waals surface area contributed by atoms with Crippen molar-refractivity contribution < 1.29 is 18.0 Å². The number of carbonyl (C=O) groups excluding carboxylic acids is 1. The topological polar surface area (TPSA) is 76.8 Å². The van der Waals surface area contributed by atoms with Crippen LogP contribution >= 0.6 is 11.3 Å². The van der Waals surface area contributed by atoms with E-state index in [1.54, 1.807) is 22.4 Å². The Morgan fingerprint density at radius 2 is 2.17 bits per heavy atom. The highest BCUT2D eigenvalue weighted by molar-refractivity contribution is 7.13. The molecule has 1 fully saturated rings. The summed E-state index contributed by atoms with van der Waals surface area (Å²) in [5.41, 5.74) is -0.708. The third-order valence-electron chi connectivity index (χ3n) is 4.71. The molecule has 4 rings (SSSR count). The molecule has 3 aromatic heterocycles. The maximum atomic E-state index is 13.4. The Labute approximate surface area is 168 Å². The molecular weight excluding hydrogens is 405 g/mol. The molecule has 0 bridgehead atoms. The van der Waals surface area contributed by atoms with Gasteiger partial charge in [-0.05, 0) is 30.4 Å². The van der Waals surface area contributed by atoms with Crippen molar-refractivity contribution in [2.24, 2.45) is 0 Å². The first-order valence-corrected chi connectivity index (χ1v) is 9.88. The fourth-order valence-electron chi connectivity index (χ4n) is 3.31. The largest absolute Gasteiger partial charge is 0.433 e. The summed E-state index contributed by atoms with van der Waals surface area (Å²) < 4.78 is 41.6. The van der Waals surface area contributed by atoms with E-state index in [1.807, 2.05) is 0 Å². The number of likely N-dealkylation sites (tertiary alicyclic amines) is 1. The van der Waals surface area contributed by atoms with Crippen molar-refractivity contribution in [2.45, 2.75) is 31.5 Å². The number of nitrogens with zero attached hydrogens (tertiary/aromatic N) is 6. The van der Waals surface area contributed by atoms with Gasteiger partial charge in [-0.2, -0.15) is 18.3 Å². The van der Waals surface area contributed by atoms with Gasteiger partial charge in [-0.15, -0.1) is 11.3 Å². The van der Waals surface area contributed by atoms with Crippen LogP contribution in [0.4, 0.5) is 13.2 Å². The molecule has 1 amide bonds. The van der Waals surface area contributed by atoms with Crippen LogP contribution in [-0.4, -0.2) is 48.6 Å². The van der Waals surface area contributed by atoms with Gasteiger partial charge in [0.05, 0.1) is 10.6 Å². The van der Waals surface area contributed by atoms with Crippen molar-refractivity contribution in [2.75, 3.05) is 13.1 Å². The first-order valence-electron chi connectivity index (χ1n) is 9.00. The molecule has 0 saturated carbocycles. The van der Waals surface area contributed by atoms with E-state index in [0.29, 0.717) is 24.3 Å². The Balaban J connectivity index is 1.59. The lowest BCUT2D eigenvalue weighted by Gasteiger charge is -2.32. The zero-order chi connectivity index (χ0) is 20.4. The third-order valence-corrected chi connectivity index (χ3v) is 5.60. The molecule has 152 valence electrons. The second-order valence-electron chi connectivity index (χ2n) is 6.74. The van der Waals surface area contributed by atoms with Crippen LogP contribution in [0, 0.1) is 0 Å². The zero-order valence-corrected chi connectivity index (χ0v) is 16.0. The molecule has 1 aliphatic rings. The molecule has 0 N–H and O–H groups in total. The molecule has 1 saturated heterocycles. The zero-order valence-electron chi connectivity index (χ0n) is 15.2. The van der Waals surface area contributed by atoms with E-state index in [2.05, 4.69) is 20.1 Å². The summed E-state index contributed by atoms with van der Waals surface area (Å²) in [6.07, 6.45) is -0.488. The molecule has 7 nitrogen and oxygen atoms in total. The first-order chi connectivity index (χ1) is 13.9. The van der Waals surface area contributed by atoms with Gasteiger partial charge >= 0.3 is 6.18 Å². The smallest absolute Gasteiger partial charge is 0.340 e. The number of hydrogen-bond donors (Lipinski definition) is 0. The summed E-state index contributed by atoms with van der Waals surface area (Å²) in [5.74, 6) is -0.392. The number of carbonyl (C=O) groups is 1. The number of alkyl halides is 3. The lowest BCUT2D eigenvalue weighted by Crippen LogP contribution is -2.41. The SMILES string of the molecule is O=C(Cn1cncn1)N1CCC[C@H](c2nc(-c3cccs3)cc(C(F)(F)F)n2)C1. The number of piperidine rings is 1. The van der Waals surface area contributed by atoms with E-state index in [-0.39, 0.29) is 36.4 Å². The van der Waals surface area contributed by atoms with Gasteiger partial charge in [0, 0.05) is 19.0 Å². The fraction of sp³-hybridized carbons (Fsp3) is 0.389. The predicted molar refractivity (Wildman–Crippen MR) is 98.9 cm³/mol. The number of hydrogen-bond acceptors (Lipinski definition) is 6. The Morgan fingerprint density at radius 3 is 2.86 bits per heavy atom. The second kappa shape index (κ2) is 7.90. The third kappa shape index (κ3) is 4.44. The minimum Gasteiger partial charge on any atom is -0.340 e. The van der Waals surface area contributed by atoms with Gasteiger partial charge in [0.2, 0.25) is 5.91 Å². The van der Waals surface area contributed by atoms with E-state index in [4.69, 9.17) is 0 Å². The van der Waals surface area contributed by atoms with E-state index in [0.717, 1.165) is 6.07 Å². The highest BCUT2D eigenvalue weighted by Crippen LogP contribution is 2.34. The molecule has 1 aliphatic heterocycles. The van der Waals surface area contributed by atoms with Gasteiger partial charge in [-0.25, -0.2) is 19.6 Å². The van der Waals surface area contributed by atoms with E-state index in [9.17, 15) is 18.0 Å². The summed E-state index contributed by atoms with van der Waals surface area (Å²) in [4.78, 5) is 26.8. The monoisotopic (exact) mass is 422 g/mol. The minimum atomic E-state index is -4.57. The molecule has 3 aromatic rings. The predicted octanol–water partition coefficient (Wildman–Crippen LogP) is 3.22. The van der Waals surface area contributed by atoms with Gasteiger partial charge in [0.1, 0.15) is 30.7 Å². The summed E-state index contributed by atoms with van der Waals surface area (Å²) >= 11 is 1.32. The maximum Gasteiger partial charge on any atom is 0.433 e. The van der Waals surface area contributed by atoms with Crippen molar-refractivity contribution in [1.29, 1.82) is 0 Å². The number of halogens is 3. The highest BCUT2D eigenvalue weighted by atomic mass is 32.1. The quantitative estimate of drug-likeness (QED) is 0.645. The summed E-state index contributed by atoms with van der Waals surface area (Å²) in [5, 5.41) is 5.70. The minimum absolute atomic E-state index is 0.0383. The summed E-state index contributed by atoms with van der Waals surface area (Å²) in [6, 6.07) is 4.47. The van der Waals surface area contributed by atoms with Gasteiger partial charge in [-0.1, -0.05) is 6.07 Å². The fourth-order valence-corrected chi connectivity index (χ4v) is 4.00. The first kappa shape index (κ1) is 19.5. The highest BCUT2D eigenvalue weighted by Gasteiger charge is 2.35. The molecule has 0 radical (unpaired) electrons. The van der Waals surface area contributed by atoms with Crippen molar-refractivity contribution in [3.8, 4) is 10.6 Å². The Bertz CT molecular complexity index is 974. The molecule has 1 atom stereocenters. The molecule has 4 heterocycles. The van der Waals surface area contributed by atoms with Crippen molar-refractivity contribution in [3.05, 3.63) is 47.8 Å². The normalized spacial score (nSPS) is 17.5.